The first kappa shape index (κ1) is 29.8. The van der Waals surface area contributed by atoms with Gasteiger partial charge in [0.1, 0.15) is 5.69 Å². The minimum atomic E-state index is 0.457. The van der Waals surface area contributed by atoms with Crippen molar-refractivity contribution < 1.29 is 0 Å². The lowest BCUT2D eigenvalue weighted by atomic mass is 9.76. The Morgan fingerprint density at radius 3 is 2.49 bits per heavy atom. The molecular weight excluding hydrogens is 528 g/mol. The summed E-state index contributed by atoms with van der Waals surface area (Å²) >= 11 is 6.64. The number of aromatic nitrogens is 3. The third-order valence-corrected chi connectivity index (χ3v) is 10.4. The second-order valence-electron chi connectivity index (χ2n) is 12.6. The number of piperidine rings is 1. The van der Waals surface area contributed by atoms with Crippen LogP contribution in [0.1, 0.15) is 95.2 Å². The van der Waals surface area contributed by atoms with E-state index in [4.69, 9.17) is 21.6 Å². The summed E-state index contributed by atoms with van der Waals surface area (Å²) in [5, 5.41) is 11.8. The normalized spacial score (nSPS) is 18.9. The van der Waals surface area contributed by atoms with E-state index in [1.54, 1.807) is 0 Å². The van der Waals surface area contributed by atoms with Crippen molar-refractivity contribution in [1.29, 1.82) is 0 Å². The van der Waals surface area contributed by atoms with Crippen LogP contribution in [-0.4, -0.2) is 45.4 Å². The maximum atomic E-state index is 6.64. The Labute approximate surface area is 251 Å². The molecule has 0 aliphatic carbocycles. The molecule has 0 spiro atoms. The Morgan fingerprint density at radius 2 is 1.76 bits per heavy atom. The molecule has 7 heteroatoms. The van der Waals surface area contributed by atoms with Crippen molar-refractivity contribution in [2.45, 2.75) is 79.6 Å². The van der Waals surface area contributed by atoms with E-state index in [1.807, 2.05) is 37.4 Å². The number of pyridine rings is 1. The highest BCUT2D eigenvalue weighted by Crippen LogP contribution is 2.39. The molecule has 0 amide bonds. The summed E-state index contributed by atoms with van der Waals surface area (Å²) in [5.74, 6) is 4.37. The van der Waals surface area contributed by atoms with Crippen LogP contribution < -0.4 is 5.32 Å². The molecule has 41 heavy (non-hydrogen) atoms. The Bertz CT molecular complexity index is 1350. The van der Waals surface area contributed by atoms with Crippen LogP contribution in [0.25, 0.3) is 0 Å². The number of aryl methyl sites for hydroxylation is 1. The number of nitrogens with zero attached hydrogens (tertiary/aromatic N) is 4. The highest BCUT2D eigenvalue weighted by atomic mass is 35.5. The fourth-order valence-corrected chi connectivity index (χ4v) is 6.78. The summed E-state index contributed by atoms with van der Waals surface area (Å²) in [5.41, 5.74) is 6.51. The number of rotatable bonds is 10. The molecule has 1 saturated heterocycles. The predicted octanol–water partition coefficient (Wildman–Crippen LogP) is 8.91. The lowest BCUT2D eigenvalue weighted by molar-refractivity contribution is 0.177. The first-order chi connectivity index (χ1) is 19.8. The summed E-state index contributed by atoms with van der Waals surface area (Å²) in [7, 11) is 0. The van der Waals surface area contributed by atoms with Crippen LogP contribution in [0.15, 0.2) is 41.5 Å². The minimum absolute atomic E-state index is 0.457. The van der Waals surface area contributed by atoms with Crippen LogP contribution in [0.2, 0.25) is 5.02 Å². The van der Waals surface area contributed by atoms with Crippen LogP contribution >= 0.6 is 11.6 Å². The van der Waals surface area contributed by atoms with E-state index in [-0.39, 0.29) is 0 Å². The molecule has 0 radical (unpaired) electrons. The molecule has 1 aromatic carbocycles. The van der Waals surface area contributed by atoms with Crippen LogP contribution in [0.4, 0.5) is 17.2 Å². The summed E-state index contributed by atoms with van der Waals surface area (Å²) in [4.78, 5) is 12.7. The number of halogens is 1. The van der Waals surface area contributed by atoms with Gasteiger partial charge in [-0.15, -0.1) is 0 Å². The van der Waals surface area contributed by atoms with Crippen molar-refractivity contribution in [1.82, 2.24) is 20.1 Å². The predicted molar refractivity (Wildman–Crippen MR) is 172 cm³/mol. The quantitative estimate of drug-likeness (QED) is 0.198. The third kappa shape index (κ3) is 6.54. The van der Waals surface area contributed by atoms with Crippen LogP contribution in [0.5, 0.6) is 0 Å². The molecule has 0 saturated carbocycles. The number of anilines is 2. The van der Waals surface area contributed by atoms with Gasteiger partial charge >= 0.3 is 0 Å². The van der Waals surface area contributed by atoms with E-state index >= 15 is 0 Å². The van der Waals surface area contributed by atoms with Crippen LogP contribution in [-0.2, 0) is 0 Å². The summed E-state index contributed by atoms with van der Waals surface area (Å²) in [6.45, 7) is 17.6. The van der Waals surface area contributed by atoms with E-state index in [2.05, 4.69) is 61.1 Å². The van der Waals surface area contributed by atoms with Gasteiger partial charge in [-0.25, -0.2) is 4.99 Å². The molecule has 5 rings (SSSR count). The van der Waals surface area contributed by atoms with Gasteiger partial charge in [-0.2, -0.15) is 5.10 Å². The van der Waals surface area contributed by atoms with Crippen LogP contribution in [0, 0.1) is 30.6 Å². The molecule has 1 fully saturated rings. The molecule has 220 valence electrons. The van der Waals surface area contributed by atoms with Gasteiger partial charge in [0.25, 0.3) is 0 Å². The Morgan fingerprint density at radius 1 is 1.02 bits per heavy atom. The Balaban J connectivity index is 1.23. The lowest BCUT2D eigenvalue weighted by Gasteiger charge is -2.33. The SMILES string of the molecule is CCC(C)C(C)C(C)C(C)CCCN1CCC(c2cc3c(cn2)C(c2ccccc2Cl)=Nc2c(n[nH]c2C)N3)CC1. The Kier molecular flexibility index (Phi) is 9.50. The Hall–Kier alpha value is -2.70. The minimum Gasteiger partial charge on any atom is -0.336 e. The maximum Gasteiger partial charge on any atom is 0.178 e. The first-order valence-corrected chi connectivity index (χ1v) is 16.0. The molecule has 2 aromatic heterocycles. The molecule has 2 aliphatic heterocycles. The number of likely N-dealkylation sites (tertiary alicyclic amines) is 1. The number of aliphatic imine (C=N–C) groups is 1. The average Bonchev–Trinajstić information content (AvgIpc) is 3.24. The van der Waals surface area contributed by atoms with Gasteiger partial charge in [0.15, 0.2) is 5.82 Å². The third-order valence-electron chi connectivity index (χ3n) is 10.1. The number of fused-ring (bicyclic) bond motifs is 2. The molecule has 3 aromatic rings. The highest BCUT2D eigenvalue weighted by Gasteiger charge is 2.27. The van der Waals surface area contributed by atoms with Crippen molar-refractivity contribution in [3.8, 4) is 0 Å². The zero-order valence-corrected chi connectivity index (χ0v) is 26.4. The van der Waals surface area contributed by atoms with Crippen molar-refractivity contribution in [2.24, 2.45) is 28.7 Å². The smallest absolute Gasteiger partial charge is 0.178 e. The molecule has 4 atom stereocenters. The summed E-state index contributed by atoms with van der Waals surface area (Å²) in [6, 6.07) is 10.1. The van der Waals surface area contributed by atoms with Gasteiger partial charge in [0.05, 0.1) is 17.1 Å². The topological polar surface area (TPSA) is 69.2 Å². The first-order valence-electron chi connectivity index (χ1n) is 15.6. The molecule has 0 bridgehead atoms. The molecule has 2 N–H and O–H groups in total. The highest BCUT2D eigenvalue weighted by molar-refractivity contribution is 6.36. The molecular formula is C34H47ClN6. The van der Waals surface area contributed by atoms with Crippen molar-refractivity contribution >= 4 is 34.5 Å². The fourth-order valence-electron chi connectivity index (χ4n) is 6.55. The molecule has 4 heterocycles. The monoisotopic (exact) mass is 574 g/mol. The molecule has 4 unspecified atom stereocenters. The number of nitrogens with one attached hydrogen (secondary N) is 2. The second kappa shape index (κ2) is 13.1. The molecule has 6 nitrogen and oxygen atoms in total. The van der Waals surface area contributed by atoms with Gasteiger partial charge in [0, 0.05) is 34.0 Å². The van der Waals surface area contributed by atoms with Gasteiger partial charge < -0.3 is 10.2 Å². The van der Waals surface area contributed by atoms with Crippen molar-refractivity contribution in [3.05, 3.63) is 64.1 Å². The molecule has 2 aliphatic rings. The standard InChI is InChI=1S/C34H47ClN6/c1-7-21(2)23(4)24(5)22(3)11-10-16-41-17-14-26(15-18-41)30-19-31-28(20-36-30)33(27-12-8-9-13-29(27)35)38-32-25(6)39-40-34(32)37-31/h8-9,12-13,19-24,26H,7,10-11,14-18H2,1-6H3,(H2,37,39,40). The second-order valence-corrected chi connectivity index (χ2v) is 13.0. The summed E-state index contributed by atoms with van der Waals surface area (Å²) < 4.78 is 0. The number of hydrogen-bond acceptors (Lipinski definition) is 5. The zero-order chi connectivity index (χ0) is 29.1. The zero-order valence-electron chi connectivity index (χ0n) is 25.7. The van der Waals surface area contributed by atoms with Crippen molar-refractivity contribution in [3.63, 3.8) is 0 Å². The van der Waals surface area contributed by atoms with E-state index in [1.165, 1.54) is 25.8 Å². The van der Waals surface area contributed by atoms with Gasteiger partial charge in [0.2, 0.25) is 0 Å². The van der Waals surface area contributed by atoms with Crippen LogP contribution in [0.3, 0.4) is 0 Å². The number of aromatic amines is 1. The van der Waals surface area contributed by atoms with E-state index in [0.717, 1.165) is 95.0 Å². The van der Waals surface area contributed by atoms with E-state index in [0.29, 0.717) is 10.9 Å². The number of H-pyrrole nitrogens is 1. The maximum absolute atomic E-state index is 6.64. The van der Waals surface area contributed by atoms with Gasteiger partial charge in [-0.1, -0.05) is 70.8 Å². The van der Waals surface area contributed by atoms with E-state index < -0.39 is 0 Å². The van der Waals surface area contributed by atoms with Crippen molar-refractivity contribution in [2.75, 3.05) is 25.0 Å². The van der Waals surface area contributed by atoms with E-state index in [9.17, 15) is 0 Å². The fraction of sp³-hybridized carbons (Fsp3) is 0.559. The van der Waals surface area contributed by atoms with Gasteiger partial charge in [-0.3, -0.25) is 10.1 Å². The average molecular weight is 575 g/mol. The van der Waals surface area contributed by atoms with Gasteiger partial charge in [-0.05, 0) is 88.0 Å². The lowest BCUT2D eigenvalue weighted by Crippen LogP contribution is -2.34. The number of benzene rings is 1. The number of hydrogen-bond donors (Lipinski definition) is 2. The summed E-state index contributed by atoms with van der Waals surface area (Å²) in [6.07, 6.45) is 8.15. The largest absolute Gasteiger partial charge is 0.336 e.